The van der Waals surface area contributed by atoms with E-state index in [1.807, 2.05) is 19.5 Å². The van der Waals surface area contributed by atoms with Crippen molar-refractivity contribution in [1.29, 1.82) is 0 Å². The first kappa shape index (κ1) is 6.39. The van der Waals surface area contributed by atoms with Gasteiger partial charge in [0.25, 0.3) is 0 Å². The predicted octanol–water partition coefficient (Wildman–Crippen LogP) is 0.151. The molecule has 2 aliphatic heterocycles. The van der Waals surface area contributed by atoms with Crippen LogP contribution in [-0.4, -0.2) is 30.8 Å². The zero-order valence-corrected chi connectivity index (χ0v) is 6.41. The van der Waals surface area contributed by atoms with Crippen molar-refractivity contribution in [2.75, 3.05) is 13.7 Å². The molecule has 0 aromatic rings. The molecule has 0 spiro atoms. The number of aliphatic imine (C=N–C) groups is 1. The van der Waals surface area contributed by atoms with E-state index in [1.165, 1.54) is 5.57 Å². The van der Waals surface area contributed by atoms with Crippen LogP contribution in [0, 0.1) is 0 Å². The standard InChI is InChI=1S/C7H10N4/c1-11-7-6(2-3-10-11)4-8-5-9-7/h3-4,8H,2,5H2,1H3. The van der Waals surface area contributed by atoms with Gasteiger partial charge in [0.15, 0.2) is 5.84 Å². The van der Waals surface area contributed by atoms with Crippen LogP contribution < -0.4 is 5.32 Å². The van der Waals surface area contributed by atoms with E-state index in [9.17, 15) is 0 Å². The van der Waals surface area contributed by atoms with Crippen LogP contribution in [0.5, 0.6) is 0 Å². The van der Waals surface area contributed by atoms with Crippen molar-refractivity contribution in [3.8, 4) is 0 Å². The number of hydrogen-bond acceptors (Lipinski definition) is 4. The van der Waals surface area contributed by atoms with Crippen LogP contribution in [0.2, 0.25) is 0 Å². The minimum absolute atomic E-state index is 0.665. The third-order valence-corrected chi connectivity index (χ3v) is 1.76. The third-order valence-electron chi connectivity index (χ3n) is 1.76. The Balaban J connectivity index is 2.35. The number of nitrogens with one attached hydrogen (secondary N) is 1. The average Bonchev–Trinajstić information content (AvgIpc) is 2.06. The van der Waals surface area contributed by atoms with Gasteiger partial charge in [-0.05, 0) is 0 Å². The van der Waals surface area contributed by atoms with Crippen LogP contribution in [0.25, 0.3) is 0 Å². The molecule has 1 N–H and O–H groups in total. The van der Waals surface area contributed by atoms with Crippen LogP contribution in [0.15, 0.2) is 21.9 Å². The van der Waals surface area contributed by atoms with Crippen molar-refractivity contribution in [2.24, 2.45) is 10.1 Å². The van der Waals surface area contributed by atoms with Crippen LogP contribution in [0.3, 0.4) is 0 Å². The summed E-state index contributed by atoms with van der Waals surface area (Å²) in [4.78, 5) is 4.28. The second-order valence-corrected chi connectivity index (χ2v) is 2.54. The minimum atomic E-state index is 0.665. The molecular formula is C7H10N4. The van der Waals surface area contributed by atoms with Gasteiger partial charge in [-0.1, -0.05) is 0 Å². The molecule has 4 heteroatoms. The van der Waals surface area contributed by atoms with Crippen molar-refractivity contribution in [3.05, 3.63) is 11.8 Å². The minimum Gasteiger partial charge on any atom is -0.372 e. The zero-order valence-electron chi connectivity index (χ0n) is 6.41. The Morgan fingerprint density at radius 3 is 3.36 bits per heavy atom. The summed E-state index contributed by atoms with van der Waals surface area (Å²) in [5.74, 6) is 0.992. The Morgan fingerprint density at radius 1 is 1.64 bits per heavy atom. The van der Waals surface area contributed by atoms with E-state index >= 15 is 0 Å². The number of hydrazone groups is 1. The Labute approximate surface area is 65.3 Å². The number of nitrogens with zero attached hydrogens (tertiary/aromatic N) is 3. The van der Waals surface area contributed by atoms with Gasteiger partial charge in [0.1, 0.15) is 6.67 Å². The van der Waals surface area contributed by atoms with Gasteiger partial charge in [0.2, 0.25) is 0 Å². The van der Waals surface area contributed by atoms with Crippen LogP contribution >= 0.6 is 0 Å². The largest absolute Gasteiger partial charge is 0.372 e. The molecular weight excluding hydrogens is 140 g/mol. The van der Waals surface area contributed by atoms with E-state index < -0.39 is 0 Å². The highest BCUT2D eigenvalue weighted by molar-refractivity contribution is 6.02. The summed E-state index contributed by atoms with van der Waals surface area (Å²) in [7, 11) is 1.91. The maximum absolute atomic E-state index is 4.28. The van der Waals surface area contributed by atoms with Crippen LogP contribution in [0.1, 0.15) is 6.42 Å². The lowest BCUT2D eigenvalue weighted by atomic mass is 10.1. The Bertz CT molecular complexity index is 251. The summed E-state index contributed by atoms with van der Waals surface area (Å²) < 4.78 is 0. The van der Waals surface area contributed by atoms with Crippen LogP contribution in [0.4, 0.5) is 0 Å². The van der Waals surface area contributed by atoms with E-state index in [0.717, 1.165) is 12.3 Å². The molecule has 0 saturated heterocycles. The van der Waals surface area contributed by atoms with Gasteiger partial charge in [-0.25, -0.2) is 4.99 Å². The molecule has 2 aliphatic rings. The second-order valence-electron chi connectivity index (χ2n) is 2.54. The molecule has 4 nitrogen and oxygen atoms in total. The Morgan fingerprint density at radius 2 is 2.55 bits per heavy atom. The predicted molar refractivity (Wildman–Crippen MR) is 44.4 cm³/mol. The molecule has 2 heterocycles. The molecule has 0 fully saturated rings. The number of likely N-dealkylation sites (N-methyl/N-ethyl adjacent to an activating group) is 1. The third kappa shape index (κ3) is 1.00. The molecule has 0 aromatic carbocycles. The molecule has 0 amide bonds. The molecule has 58 valence electrons. The van der Waals surface area contributed by atoms with Crippen molar-refractivity contribution >= 4 is 12.1 Å². The fourth-order valence-corrected chi connectivity index (χ4v) is 1.23. The van der Waals surface area contributed by atoms with Gasteiger partial charge in [-0.2, -0.15) is 5.10 Å². The molecule has 0 saturated carbocycles. The Kier molecular flexibility index (Phi) is 1.38. The van der Waals surface area contributed by atoms with Gasteiger partial charge in [0, 0.05) is 31.5 Å². The Hall–Kier alpha value is -1.32. The molecule has 0 unspecified atom stereocenters. The van der Waals surface area contributed by atoms with Crippen molar-refractivity contribution < 1.29 is 0 Å². The summed E-state index contributed by atoms with van der Waals surface area (Å²) >= 11 is 0. The van der Waals surface area contributed by atoms with E-state index in [1.54, 1.807) is 5.01 Å². The summed E-state index contributed by atoms with van der Waals surface area (Å²) in [6.07, 6.45) is 4.78. The second kappa shape index (κ2) is 2.38. The fraction of sp³-hybridized carbons (Fsp3) is 0.429. The van der Waals surface area contributed by atoms with Gasteiger partial charge >= 0.3 is 0 Å². The monoisotopic (exact) mass is 150 g/mol. The first-order valence-corrected chi connectivity index (χ1v) is 3.61. The summed E-state index contributed by atoms with van der Waals surface area (Å²) in [6.45, 7) is 0.665. The first-order valence-electron chi connectivity index (χ1n) is 3.61. The number of fused-ring (bicyclic) bond motifs is 1. The molecule has 0 bridgehead atoms. The smallest absolute Gasteiger partial charge is 0.150 e. The fourth-order valence-electron chi connectivity index (χ4n) is 1.23. The molecule has 0 atom stereocenters. The quantitative estimate of drug-likeness (QED) is 0.534. The average molecular weight is 150 g/mol. The lowest BCUT2D eigenvalue weighted by molar-refractivity contribution is 0.529. The van der Waals surface area contributed by atoms with E-state index in [-0.39, 0.29) is 0 Å². The summed E-state index contributed by atoms with van der Waals surface area (Å²) in [5, 5.41) is 8.99. The maximum Gasteiger partial charge on any atom is 0.150 e. The molecule has 0 radical (unpaired) electrons. The zero-order chi connectivity index (χ0) is 7.68. The molecule has 11 heavy (non-hydrogen) atoms. The summed E-state index contributed by atoms with van der Waals surface area (Å²) in [5.41, 5.74) is 1.22. The highest BCUT2D eigenvalue weighted by Crippen LogP contribution is 2.12. The van der Waals surface area contributed by atoms with Crippen LogP contribution in [-0.2, 0) is 0 Å². The van der Waals surface area contributed by atoms with Gasteiger partial charge in [0.05, 0.1) is 0 Å². The van der Waals surface area contributed by atoms with E-state index in [2.05, 4.69) is 15.4 Å². The normalized spacial score (nSPS) is 21.7. The summed E-state index contributed by atoms with van der Waals surface area (Å²) in [6, 6.07) is 0. The van der Waals surface area contributed by atoms with E-state index in [4.69, 9.17) is 0 Å². The lowest BCUT2D eigenvalue weighted by Gasteiger charge is -2.24. The topological polar surface area (TPSA) is 40.0 Å². The van der Waals surface area contributed by atoms with Crippen molar-refractivity contribution in [1.82, 2.24) is 10.3 Å². The number of amidine groups is 1. The molecule has 0 aromatic heterocycles. The highest BCUT2D eigenvalue weighted by Gasteiger charge is 2.16. The van der Waals surface area contributed by atoms with Gasteiger partial charge in [-0.3, -0.25) is 5.01 Å². The lowest BCUT2D eigenvalue weighted by Crippen LogP contribution is -2.32. The highest BCUT2D eigenvalue weighted by atomic mass is 15.5. The SMILES string of the molecule is CN1N=CCC2=CNCN=C21. The maximum atomic E-state index is 4.28. The van der Waals surface area contributed by atoms with E-state index in [0.29, 0.717) is 6.67 Å². The van der Waals surface area contributed by atoms with Gasteiger partial charge < -0.3 is 5.32 Å². The van der Waals surface area contributed by atoms with Crippen molar-refractivity contribution in [3.63, 3.8) is 0 Å². The number of hydrogen-bond donors (Lipinski definition) is 1. The van der Waals surface area contributed by atoms with Gasteiger partial charge in [-0.15, -0.1) is 0 Å². The van der Waals surface area contributed by atoms with Crippen molar-refractivity contribution in [2.45, 2.75) is 6.42 Å². The molecule has 2 rings (SSSR count). The number of rotatable bonds is 0. The molecule has 0 aliphatic carbocycles. The first-order chi connectivity index (χ1) is 5.38.